The van der Waals surface area contributed by atoms with Crippen molar-refractivity contribution in [2.45, 2.75) is 13.2 Å². The summed E-state index contributed by atoms with van der Waals surface area (Å²) in [4.78, 5) is 0. The highest BCUT2D eigenvalue weighted by Crippen LogP contribution is 2.23. The monoisotopic (exact) mass is 316 g/mol. The summed E-state index contributed by atoms with van der Waals surface area (Å²) >= 11 is 6.00. The Morgan fingerprint density at radius 3 is 2.18 bits per heavy atom. The molecule has 0 aliphatic rings. The summed E-state index contributed by atoms with van der Waals surface area (Å²) in [6, 6.07) is 16.6. The van der Waals surface area contributed by atoms with Gasteiger partial charge in [0.1, 0.15) is 11.5 Å². The van der Waals surface area contributed by atoms with Gasteiger partial charge < -0.3 is 13.9 Å². The Balaban J connectivity index is 1.54. The number of para-hydroxylation sites is 2. The number of benzene rings is 2. The SMILES string of the molecule is Clc1ccccc1OCc1nnc(COc2ccccc2)o1. The molecule has 0 radical (unpaired) electrons. The Bertz CT molecular complexity index is 731. The zero-order valence-corrected chi connectivity index (χ0v) is 12.4. The number of ether oxygens (including phenoxy) is 2. The predicted molar refractivity (Wildman–Crippen MR) is 80.9 cm³/mol. The largest absolute Gasteiger partial charge is 0.484 e. The highest BCUT2D eigenvalue weighted by molar-refractivity contribution is 6.32. The Hall–Kier alpha value is -2.53. The van der Waals surface area contributed by atoms with Crippen LogP contribution in [-0.4, -0.2) is 10.2 Å². The standard InChI is InChI=1S/C16H13ClN2O3/c17-13-8-4-5-9-14(13)21-11-16-19-18-15(22-16)10-20-12-6-2-1-3-7-12/h1-9H,10-11H2. The first-order valence-corrected chi connectivity index (χ1v) is 7.05. The smallest absolute Gasteiger partial charge is 0.254 e. The molecule has 0 fully saturated rings. The predicted octanol–water partition coefficient (Wildman–Crippen LogP) is 3.88. The van der Waals surface area contributed by atoms with Crippen molar-refractivity contribution in [2.24, 2.45) is 0 Å². The molecule has 0 bridgehead atoms. The molecule has 1 aromatic heterocycles. The van der Waals surface area contributed by atoms with Crippen LogP contribution in [0.25, 0.3) is 0 Å². The minimum Gasteiger partial charge on any atom is -0.484 e. The average molecular weight is 317 g/mol. The molecule has 0 aliphatic carbocycles. The Labute approximate surface area is 132 Å². The topological polar surface area (TPSA) is 57.4 Å². The van der Waals surface area contributed by atoms with E-state index in [2.05, 4.69) is 10.2 Å². The van der Waals surface area contributed by atoms with Crippen molar-refractivity contribution >= 4 is 11.6 Å². The van der Waals surface area contributed by atoms with Crippen LogP contribution >= 0.6 is 11.6 Å². The summed E-state index contributed by atoms with van der Waals surface area (Å²) in [6.45, 7) is 0.366. The third-order valence-corrected chi connectivity index (χ3v) is 3.11. The maximum absolute atomic E-state index is 6.00. The van der Waals surface area contributed by atoms with Crippen LogP contribution in [0, 0.1) is 0 Å². The fourth-order valence-electron chi connectivity index (χ4n) is 1.77. The number of hydrogen-bond acceptors (Lipinski definition) is 5. The van der Waals surface area contributed by atoms with Gasteiger partial charge in [0, 0.05) is 0 Å². The lowest BCUT2D eigenvalue weighted by molar-refractivity contribution is 0.232. The van der Waals surface area contributed by atoms with E-state index in [9.17, 15) is 0 Å². The van der Waals surface area contributed by atoms with E-state index in [1.54, 1.807) is 12.1 Å². The quantitative estimate of drug-likeness (QED) is 0.690. The fourth-order valence-corrected chi connectivity index (χ4v) is 1.96. The first-order chi connectivity index (χ1) is 10.8. The summed E-state index contributed by atoms with van der Waals surface area (Å²) in [6.07, 6.45) is 0. The molecule has 2 aromatic carbocycles. The van der Waals surface area contributed by atoms with E-state index in [1.165, 1.54) is 0 Å². The van der Waals surface area contributed by atoms with Gasteiger partial charge in [-0.25, -0.2) is 0 Å². The molecule has 0 saturated carbocycles. The summed E-state index contributed by atoms with van der Waals surface area (Å²) < 4.78 is 16.5. The molecule has 112 valence electrons. The first kappa shape index (κ1) is 14.4. The van der Waals surface area contributed by atoms with E-state index in [0.29, 0.717) is 22.6 Å². The number of halogens is 1. The molecular formula is C16H13ClN2O3. The Morgan fingerprint density at radius 2 is 1.45 bits per heavy atom. The Morgan fingerprint density at radius 1 is 0.818 bits per heavy atom. The van der Waals surface area contributed by atoms with E-state index < -0.39 is 0 Å². The van der Waals surface area contributed by atoms with Crippen LogP contribution in [0.1, 0.15) is 11.8 Å². The summed E-state index contributed by atoms with van der Waals surface area (Å²) in [7, 11) is 0. The van der Waals surface area contributed by atoms with E-state index in [4.69, 9.17) is 25.5 Å². The van der Waals surface area contributed by atoms with Crippen molar-refractivity contribution in [3.63, 3.8) is 0 Å². The molecule has 0 aliphatic heterocycles. The van der Waals surface area contributed by atoms with Gasteiger partial charge in [0.05, 0.1) is 5.02 Å². The highest BCUT2D eigenvalue weighted by atomic mass is 35.5. The van der Waals surface area contributed by atoms with Crippen LogP contribution in [0.4, 0.5) is 0 Å². The molecule has 0 N–H and O–H groups in total. The summed E-state index contributed by atoms with van der Waals surface area (Å²) in [5.74, 6) is 2.08. The molecule has 5 nitrogen and oxygen atoms in total. The third kappa shape index (κ3) is 3.77. The molecule has 0 unspecified atom stereocenters. The van der Waals surface area contributed by atoms with E-state index >= 15 is 0 Å². The van der Waals surface area contributed by atoms with Gasteiger partial charge >= 0.3 is 0 Å². The van der Waals surface area contributed by atoms with Crippen molar-refractivity contribution in [3.05, 3.63) is 71.4 Å². The van der Waals surface area contributed by atoms with E-state index in [0.717, 1.165) is 5.75 Å². The van der Waals surface area contributed by atoms with E-state index in [1.807, 2.05) is 42.5 Å². The molecule has 3 aromatic rings. The lowest BCUT2D eigenvalue weighted by Crippen LogP contribution is -1.96. The second-order valence-corrected chi connectivity index (χ2v) is 4.82. The van der Waals surface area contributed by atoms with Crippen molar-refractivity contribution in [2.75, 3.05) is 0 Å². The van der Waals surface area contributed by atoms with Gasteiger partial charge in [-0.1, -0.05) is 41.9 Å². The maximum Gasteiger partial charge on any atom is 0.254 e. The molecular weight excluding hydrogens is 304 g/mol. The molecule has 0 saturated heterocycles. The highest BCUT2D eigenvalue weighted by Gasteiger charge is 2.08. The van der Waals surface area contributed by atoms with Crippen LogP contribution in [0.2, 0.25) is 5.02 Å². The Kier molecular flexibility index (Phi) is 4.56. The van der Waals surface area contributed by atoms with Crippen LogP contribution in [0.5, 0.6) is 11.5 Å². The molecule has 0 amide bonds. The number of aromatic nitrogens is 2. The second-order valence-electron chi connectivity index (χ2n) is 4.41. The van der Waals surface area contributed by atoms with Crippen LogP contribution < -0.4 is 9.47 Å². The van der Waals surface area contributed by atoms with Gasteiger partial charge in [-0.15, -0.1) is 10.2 Å². The molecule has 1 heterocycles. The first-order valence-electron chi connectivity index (χ1n) is 6.68. The van der Waals surface area contributed by atoms with Crippen molar-refractivity contribution < 1.29 is 13.9 Å². The lowest BCUT2D eigenvalue weighted by Gasteiger charge is -2.04. The number of hydrogen-bond donors (Lipinski definition) is 0. The fraction of sp³-hybridized carbons (Fsp3) is 0.125. The van der Waals surface area contributed by atoms with Crippen molar-refractivity contribution in [1.82, 2.24) is 10.2 Å². The van der Waals surface area contributed by atoms with Gasteiger partial charge in [0.15, 0.2) is 13.2 Å². The van der Waals surface area contributed by atoms with E-state index in [-0.39, 0.29) is 13.2 Å². The van der Waals surface area contributed by atoms with Gasteiger partial charge in [0.25, 0.3) is 11.8 Å². The van der Waals surface area contributed by atoms with Gasteiger partial charge in [0.2, 0.25) is 0 Å². The minimum atomic E-state index is 0.155. The molecule has 0 spiro atoms. The average Bonchev–Trinajstić information content (AvgIpc) is 3.01. The van der Waals surface area contributed by atoms with Gasteiger partial charge in [-0.05, 0) is 24.3 Å². The minimum absolute atomic E-state index is 0.155. The second kappa shape index (κ2) is 6.95. The van der Waals surface area contributed by atoms with Crippen molar-refractivity contribution in [1.29, 1.82) is 0 Å². The summed E-state index contributed by atoms with van der Waals surface area (Å²) in [5.41, 5.74) is 0. The van der Waals surface area contributed by atoms with Crippen LogP contribution in [0.15, 0.2) is 59.0 Å². The third-order valence-electron chi connectivity index (χ3n) is 2.80. The molecule has 0 atom stereocenters. The normalized spacial score (nSPS) is 10.4. The molecule has 3 rings (SSSR count). The zero-order chi connectivity index (χ0) is 15.2. The maximum atomic E-state index is 6.00. The van der Waals surface area contributed by atoms with Gasteiger partial charge in [-0.2, -0.15) is 0 Å². The lowest BCUT2D eigenvalue weighted by atomic mass is 10.3. The van der Waals surface area contributed by atoms with Crippen molar-refractivity contribution in [3.8, 4) is 11.5 Å². The van der Waals surface area contributed by atoms with Gasteiger partial charge in [-0.3, -0.25) is 0 Å². The summed E-state index contributed by atoms with van der Waals surface area (Å²) in [5, 5.41) is 8.36. The van der Waals surface area contributed by atoms with Crippen LogP contribution in [0.3, 0.4) is 0 Å². The molecule has 22 heavy (non-hydrogen) atoms. The number of nitrogens with zero attached hydrogens (tertiary/aromatic N) is 2. The molecule has 6 heteroatoms. The number of rotatable bonds is 6. The van der Waals surface area contributed by atoms with Crippen LogP contribution in [-0.2, 0) is 13.2 Å². The zero-order valence-electron chi connectivity index (χ0n) is 11.6.